The second-order valence-electron chi connectivity index (χ2n) is 5.41. The summed E-state index contributed by atoms with van der Waals surface area (Å²) in [6.07, 6.45) is 2.50. The Bertz CT molecular complexity index is 423. The second-order valence-corrected chi connectivity index (χ2v) is 5.41. The molecule has 4 heteroatoms. The van der Waals surface area contributed by atoms with Gasteiger partial charge in [-0.1, -0.05) is 12.1 Å². The van der Waals surface area contributed by atoms with Crippen LogP contribution in [0.15, 0.2) is 24.3 Å². The lowest BCUT2D eigenvalue weighted by Crippen LogP contribution is -2.36. The fraction of sp³-hybridized carbons (Fsp3) is 0.562. The molecule has 0 spiro atoms. The smallest absolute Gasteiger partial charge is 0.222 e. The number of ether oxygens (including phenoxy) is 1. The molecule has 0 aromatic heterocycles. The lowest BCUT2D eigenvalue weighted by Gasteiger charge is -2.28. The van der Waals surface area contributed by atoms with E-state index in [-0.39, 0.29) is 5.91 Å². The molecule has 0 aliphatic carbocycles. The minimum absolute atomic E-state index is 0.204. The molecule has 0 saturated carbocycles. The summed E-state index contributed by atoms with van der Waals surface area (Å²) in [6.45, 7) is 3.57. The second kappa shape index (κ2) is 7.29. The number of morpholine rings is 1. The van der Waals surface area contributed by atoms with Crippen molar-refractivity contribution in [3.63, 3.8) is 0 Å². The molecular formula is C16H24N2O2. The molecule has 1 aliphatic heterocycles. The summed E-state index contributed by atoms with van der Waals surface area (Å²) >= 11 is 0. The maximum atomic E-state index is 11.5. The predicted octanol–water partition coefficient (Wildman–Crippen LogP) is 1.93. The molecule has 1 saturated heterocycles. The van der Waals surface area contributed by atoms with Crippen molar-refractivity contribution in [2.24, 2.45) is 0 Å². The van der Waals surface area contributed by atoms with E-state index < -0.39 is 0 Å². The third-order valence-corrected chi connectivity index (χ3v) is 3.67. The molecule has 1 amide bonds. The quantitative estimate of drug-likeness (QED) is 0.824. The van der Waals surface area contributed by atoms with Crippen LogP contribution in [0.3, 0.4) is 0 Å². The Hall–Kier alpha value is -1.55. The highest BCUT2D eigenvalue weighted by molar-refractivity contribution is 5.75. The molecule has 0 N–H and O–H groups in total. The highest BCUT2D eigenvalue weighted by Crippen LogP contribution is 2.17. The van der Waals surface area contributed by atoms with Crippen LogP contribution in [-0.2, 0) is 16.0 Å². The van der Waals surface area contributed by atoms with E-state index in [2.05, 4.69) is 29.2 Å². The van der Waals surface area contributed by atoms with Gasteiger partial charge in [0.1, 0.15) is 0 Å². The number of anilines is 1. The van der Waals surface area contributed by atoms with E-state index in [9.17, 15) is 4.79 Å². The first-order valence-electron chi connectivity index (χ1n) is 7.28. The molecule has 1 fully saturated rings. The van der Waals surface area contributed by atoms with E-state index >= 15 is 0 Å². The highest BCUT2D eigenvalue weighted by Gasteiger charge is 2.10. The SMILES string of the molecule is CN(C)C(=O)CCCc1ccc(N2CCOCC2)cc1. The normalized spacial score (nSPS) is 15.2. The number of nitrogens with zero attached hydrogens (tertiary/aromatic N) is 2. The largest absolute Gasteiger partial charge is 0.378 e. The van der Waals surface area contributed by atoms with Crippen molar-refractivity contribution in [1.29, 1.82) is 0 Å². The summed E-state index contributed by atoms with van der Waals surface area (Å²) in [4.78, 5) is 15.5. The number of benzene rings is 1. The number of hydrogen-bond donors (Lipinski definition) is 0. The minimum atomic E-state index is 0.204. The standard InChI is InChI=1S/C16H24N2O2/c1-17(2)16(19)5-3-4-14-6-8-15(9-7-14)18-10-12-20-13-11-18/h6-9H,3-5,10-13H2,1-2H3. The van der Waals surface area contributed by atoms with Crippen LogP contribution in [-0.4, -0.2) is 51.2 Å². The fourth-order valence-corrected chi connectivity index (χ4v) is 2.36. The molecule has 0 radical (unpaired) electrons. The maximum Gasteiger partial charge on any atom is 0.222 e. The molecule has 0 bridgehead atoms. The van der Waals surface area contributed by atoms with Gasteiger partial charge in [0.15, 0.2) is 0 Å². The summed E-state index contributed by atoms with van der Waals surface area (Å²) < 4.78 is 5.36. The van der Waals surface area contributed by atoms with Crippen LogP contribution >= 0.6 is 0 Å². The average molecular weight is 276 g/mol. The van der Waals surface area contributed by atoms with Crippen LogP contribution in [0.1, 0.15) is 18.4 Å². The Balaban J connectivity index is 1.80. The van der Waals surface area contributed by atoms with Crippen LogP contribution in [0, 0.1) is 0 Å². The first kappa shape index (κ1) is 14.9. The molecule has 20 heavy (non-hydrogen) atoms. The van der Waals surface area contributed by atoms with Crippen molar-refractivity contribution in [3.05, 3.63) is 29.8 Å². The molecule has 1 aliphatic rings. The Morgan fingerprint density at radius 2 is 1.85 bits per heavy atom. The van der Waals surface area contributed by atoms with Gasteiger partial charge in [-0.05, 0) is 30.5 Å². The Labute approximate surface area is 121 Å². The Morgan fingerprint density at radius 1 is 1.20 bits per heavy atom. The van der Waals surface area contributed by atoms with E-state index in [1.807, 2.05) is 0 Å². The van der Waals surface area contributed by atoms with Crippen molar-refractivity contribution >= 4 is 11.6 Å². The zero-order valence-corrected chi connectivity index (χ0v) is 12.5. The van der Waals surface area contributed by atoms with Gasteiger partial charge in [-0.15, -0.1) is 0 Å². The van der Waals surface area contributed by atoms with Crippen molar-refractivity contribution < 1.29 is 9.53 Å². The minimum Gasteiger partial charge on any atom is -0.378 e. The van der Waals surface area contributed by atoms with E-state index in [4.69, 9.17) is 4.74 Å². The maximum absolute atomic E-state index is 11.5. The first-order valence-corrected chi connectivity index (χ1v) is 7.28. The van der Waals surface area contributed by atoms with Crippen LogP contribution < -0.4 is 4.90 Å². The lowest BCUT2D eigenvalue weighted by molar-refractivity contribution is -0.128. The average Bonchev–Trinajstić information content (AvgIpc) is 2.48. The van der Waals surface area contributed by atoms with Gasteiger partial charge in [0.05, 0.1) is 13.2 Å². The molecule has 1 heterocycles. The fourth-order valence-electron chi connectivity index (χ4n) is 2.36. The molecule has 4 nitrogen and oxygen atoms in total. The molecule has 0 atom stereocenters. The molecule has 1 aromatic carbocycles. The summed E-state index contributed by atoms with van der Waals surface area (Å²) in [7, 11) is 3.61. The van der Waals surface area contributed by atoms with Gasteiger partial charge < -0.3 is 14.5 Å². The molecule has 110 valence electrons. The monoisotopic (exact) mass is 276 g/mol. The van der Waals surface area contributed by atoms with E-state index in [1.165, 1.54) is 11.3 Å². The number of amides is 1. The molecular weight excluding hydrogens is 252 g/mol. The summed E-state index contributed by atoms with van der Waals surface area (Å²) in [5.74, 6) is 0.204. The van der Waals surface area contributed by atoms with E-state index in [1.54, 1.807) is 19.0 Å². The predicted molar refractivity (Wildman–Crippen MR) is 81.1 cm³/mol. The summed E-state index contributed by atoms with van der Waals surface area (Å²) in [5.41, 5.74) is 2.56. The van der Waals surface area contributed by atoms with Crippen molar-refractivity contribution in [2.75, 3.05) is 45.3 Å². The van der Waals surface area contributed by atoms with E-state index in [0.717, 1.165) is 39.1 Å². The van der Waals surface area contributed by atoms with Crippen LogP contribution in [0.5, 0.6) is 0 Å². The van der Waals surface area contributed by atoms with E-state index in [0.29, 0.717) is 6.42 Å². The van der Waals surface area contributed by atoms with Gasteiger partial charge in [-0.2, -0.15) is 0 Å². The topological polar surface area (TPSA) is 32.8 Å². The number of aryl methyl sites for hydroxylation is 1. The van der Waals surface area contributed by atoms with Gasteiger partial charge in [-0.3, -0.25) is 4.79 Å². The highest BCUT2D eigenvalue weighted by atomic mass is 16.5. The van der Waals surface area contributed by atoms with Gasteiger partial charge in [-0.25, -0.2) is 0 Å². The van der Waals surface area contributed by atoms with Crippen LogP contribution in [0.25, 0.3) is 0 Å². The molecule has 1 aromatic rings. The summed E-state index contributed by atoms with van der Waals surface area (Å²) in [5, 5.41) is 0. The zero-order chi connectivity index (χ0) is 14.4. The number of carbonyl (C=O) groups excluding carboxylic acids is 1. The number of hydrogen-bond acceptors (Lipinski definition) is 3. The van der Waals surface area contributed by atoms with Crippen molar-refractivity contribution in [2.45, 2.75) is 19.3 Å². The number of rotatable bonds is 5. The third-order valence-electron chi connectivity index (χ3n) is 3.67. The van der Waals surface area contributed by atoms with Crippen LogP contribution in [0.2, 0.25) is 0 Å². The molecule has 0 unspecified atom stereocenters. The Morgan fingerprint density at radius 3 is 2.45 bits per heavy atom. The van der Waals surface area contributed by atoms with Gasteiger partial charge in [0.25, 0.3) is 0 Å². The molecule has 2 rings (SSSR count). The zero-order valence-electron chi connectivity index (χ0n) is 12.5. The van der Waals surface area contributed by atoms with Gasteiger partial charge in [0.2, 0.25) is 5.91 Å². The lowest BCUT2D eigenvalue weighted by atomic mass is 10.1. The number of carbonyl (C=O) groups is 1. The Kier molecular flexibility index (Phi) is 5.41. The van der Waals surface area contributed by atoms with Gasteiger partial charge in [0, 0.05) is 39.3 Å². The van der Waals surface area contributed by atoms with Crippen molar-refractivity contribution in [3.8, 4) is 0 Å². The van der Waals surface area contributed by atoms with Crippen LogP contribution in [0.4, 0.5) is 5.69 Å². The third kappa shape index (κ3) is 4.23. The summed E-state index contributed by atoms with van der Waals surface area (Å²) in [6, 6.07) is 8.69. The first-order chi connectivity index (χ1) is 9.66. The van der Waals surface area contributed by atoms with Gasteiger partial charge >= 0.3 is 0 Å². The van der Waals surface area contributed by atoms with Crippen molar-refractivity contribution in [1.82, 2.24) is 4.90 Å².